The van der Waals surface area contributed by atoms with Gasteiger partial charge < -0.3 is 10.8 Å². The average molecular weight is 187 g/mol. The standard InChI is InChI=1S/C8H15NO2.C2H6/c1-6(10)8(11)4-2-7(9)3-5-8;1-2/h7,11H,2-5,9H2,1H3;1-2H3. The van der Waals surface area contributed by atoms with Gasteiger partial charge in [-0.1, -0.05) is 13.8 Å². The van der Waals surface area contributed by atoms with Gasteiger partial charge in [0, 0.05) is 6.04 Å². The molecule has 1 aliphatic carbocycles. The molecule has 3 heteroatoms. The number of Topliss-reactive ketones (excluding diaryl/α,β-unsaturated/α-hetero) is 1. The van der Waals surface area contributed by atoms with Gasteiger partial charge in [0.25, 0.3) is 0 Å². The first kappa shape index (κ1) is 12.6. The third-order valence-corrected chi connectivity index (χ3v) is 2.51. The van der Waals surface area contributed by atoms with E-state index in [1.807, 2.05) is 13.8 Å². The molecule has 78 valence electrons. The van der Waals surface area contributed by atoms with E-state index in [1.165, 1.54) is 6.92 Å². The zero-order chi connectivity index (χ0) is 10.5. The number of carbonyl (C=O) groups excluding carboxylic acids is 1. The molecule has 3 N–H and O–H groups in total. The van der Waals surface area contributed by atoms with Gasteiger partial charge >= 0.3 is 0 Å². The van der Waals surface area contributed by atoms with Gasteiger partial charge in [-0.05, 0) is 32.6 Å². The Bertz CT molecular complexity index is 160. The molecule has 1 aliphatic rings. The van der Waals surface area contributed by atoms with Gasteiger partial charge in [-0.25, -0.2) is 0 Å². The van der Waals surface area contributed by atoms with Gasteiger partial charge in [-0.2, -0.15) is 0 Å². The lowest BCUT2D eigenvalue weighted by Crippen LogP contribution is -2.43. The predicted molar refractivity (Wildman–Crippen MR) is 53.4 cm³/mol. The molecule has 0 saturated heterocycles. The lowest BCUT2D eigenvalue weighted by atomic mass is 9.80. The van der Waals surface area contributed by atoms with E-state index in [2.05, 4.69) is 0 Å². The van der Waals surface area contributed by atoms with E-state index in [-0.39, 0.29) is 11.8 Å². The van der Waals surface area contributed by atoms with Gasteiger partial charge in [0.1, 0.15) is 5.60 Å². The van der Waals surface area contributed by atoms with E-state index in [0.29, 0.717) is 12.8 Å². The molecule has 1 fully saturated rings. The first-order valence-corrected chi connectivity index (χ1v) is 5.03. The molecular formula is C10H21NO2. The number of ketones is 1. The number of rotatable bonds is 1. The summed E-state index contributed by atoms with van der Waals surface area (Å²) in [7, 11) is 0. The van der Waals surface area contributed by atoms with Crippen molar-refractivity contribution in [1.29, 1.82) is 0 Å². The Morgan fingerprint density at radius 2 is 1.77 bits per heavy atom. The third-order valence-electron chi connectivity index (χ3n) is 2.51. The van der Waals surface area contributed by atoms with Crippen LogP contribution in [0.1, 0.15) is 46.5 Å². The Labute approximate surface area is 80.3 Å². The maximum absolute atomic E-state index is 10.9. The smallest absolute Gasteiger partial charge is 0.161 e. The molecule has 0 radical (unpaired) electrons. The molecule has 0 aromatic carbocycles. The minimum absolute atomic E-state index is 0.121. The van der Waals surface area contributed by atoms with Crippen molar-refractivity contribution in [1.82, 2.24) is 0 Å². The summed E-state index contributed by atoms with van der Waals surface area (Å²) in [5.41, 5.74) is 4.57. The Balaban J connectivity index is 0.000000671. The van der Waals surface area contributed by atoms with E-state index >= 15 is 0 Å². The summed E-state index contributed by atoms with van der Waals surface area (Å²) in [6.45, 7) is 5.44. The highest BCUT2D eigenvalue weighted by Gasteiger charge is 2.35. The number of hydrogen-bond acceptors (Lipinski definition) is 3. The van der Waals surface area contributed by atoms with Crippen LogP contribution in [-0.2, 0) is 4.79 Å². The molecule has 1 rings (SSSR count). The van der Waals surface area contributed by atoms with Crippen LogP contribution in [-0.4, -0.2) is 22.5 Å². The van der Waals surface area contributed by atoms with Crippen LogP contribution < -0.4 is 5.73 Å². The van der Waals surface area contributed by atoms with Crippen LogP contribution in [0, 0.1) is 0 Å². The Morgan fingerprint density at radius 1 is 1.38 bits per heavy atom. The van der Waals surface area contributed by atoms with Crippen molar-refractivity contribution < 1.29 is 9.90 Å². The Kier molecular flexibility index (Phi) is 5.18. The van der Waals surface area contributed by atoms with Crippen molar-refractivity contribution >= 4 is 5.78 Å². The molecule has 1 saturated carbocycles. The molecule has 0 spiro atoms. The molecule has 13 heavy (non-hydrogen) atoms. The summed E-state index contributed by atoms with van der Waals surface area (Å²) in [5.74, 6) is -0.121. The molecule has 0 atom stereocenters. The van der Waals surface area contributed by atoms with Gasteiger partial charge in [-0.15, -0.1) is 0 Å². The molecule has 0 aromatic heterocycles. The highest BCUT2D eigenvalue weighted by Crippen LogP contribution is 2.27. The largest absolute Gasteiger partial charge is 0.382 e. The minimum Gasteiger partial charge on any atom is -0.382 e. The highest BCUT2D eigenvalue weighted by atomic mass is 16.3. The summed E-state index contributed by atoms with van der Waals surface area (Å²) in [4.78, 5) is 10.9. The maximum atomic E-state index is 10.9. The first-order chi connectivity index (χ1) is 6.04. The fourth-order valence-corrected chi connectivity index (χ4v) is 1.47. The highest BCUT2D eigenvalue weighted by molar-refractivity contribution is 5.84. The summed E-state index contributed by atoms with van der Waals surface area (Å²) in [5, 5.41) is 9.66. The van der Waals surface area contributed by atoms with Gasteiger partial charge in [0.2, 0.25) is 0 Å². The lowest BCUT2D eigenvalue weighted by Gasteiger charge is -2.32. The van der Waals surface area contributed by atoms with Gasteiger partial charge in [0.05, 0.1) is 0 Å². The topological polar surface area (TPSA) is 63.3 Å². The van der Waals surface area contributed by atoms with Crippen LogP contribution in [0.5, 0.6) is 0 Å². The van der Waals surface area contributed by atoms with Crippen LogP contribution in [0.15, 0.2) is 0 Å². The first-order valence-electron chi connectivity index (χ1n) is 5.03. The van der Waals surface area contributed by atoms with Crippen molar-refractivity contribution in [3.63, 3.8) is 0 Å². The van der Waals surface area contributed by atoms with E-state index in [0.717, 1.165) is 12.8 Å². The molecule has 0 heterocycles. The van der Waals surface area contributed by atoms with Crippen LogP contribution >= 0.6 is 0 Å². The second-order valence-corrected chi connectivity index (χ2v) is 3.43. The van der Waals surface area contributed by atoms with E-state index in [1.54, 1.807) is 0 Å². The van der Waals surface area contributed by atoms with E-state index in [4.69, 9.17) is 5.73 Å². The summed E-state index contributed by atoms with van der Waals surface area (Å²) in [6, 6.07) is 0.176. The van der Waals surface area contributed by atoms with E-state index in [9.17, 15) is 9.90 Å². The monoisotopic (exact) mass is 187 g/mol. The zero-order valence-electron chi connectivity index (χ0n) is 8.84. The predicted octanol–water partition coefficient (Wildman–Crippen LogP) is 1.23. The van der Waals surface area contributed by atoms with Crippen LogP contribution in [0.2, 0.25) is 0 Å². The van der Waals surface area contributed by atoms with Crippen LogP contribution in [0.25, 0.3) is 0 Å². The van der Waals surface area contributed by atoms with Crippen LogP contribution in [0.3, 0.4) is 0 Å². The molecule has 0 unspecified atom stereocenters. The van der Waals surface area contributed by atoms with Crippen molar-refractivity contribution in [3.05, 3.63) is 0 Å². The van der Waals surface area contributed by atoms with E-state index < -0.39 is 5.60 Å². The van der Waals surface area contributed by atoms with Crippen LogP contribution in [0.4, 0.5) is 0 Å². The minimum atomic E-state index is -1.06. The Morgan fingerprint density at radius 3 is 2.08 bits per heavy atom. The molecular weight excluding hydrogens is 166 g/mol. The number of aliphatic hydroxyl groups is 1. The van der Waals surface area contributed by atoms with Gasteiger partial charge in [0.15, 0.2) is 5.78 Å². The molecule has 0 bridgehead atoms. The van der Waals surface area contributed by atoms with Crippen molar-refractivity contribution in [2.45, 2.75) is 58.1 Å². The lowest BCUT2D eigenvalue weighted by molar-refractivity contribution is -0.138. The van der Waals surface area contributed by atoms with Crippen molar-refractivity contribution in [2.75, 3.05) is 0 Å². The molecule has 0 aromatic rings. The second kappa shape index (κ2) is 5.35. The fourth-order valence-electron chi connectivity index (χ4n) is 1.47. The number of hydrogen-bond donors (Lipinski definition) is 2. The van der Waals surface area contributed by atoms with Crippen molar-refractivity contribution in [2.24, 2.45) is 5.73 Å². The maximum Gasteiger partial charge on any atom is 0.161 e. The third kappa shape index (κ3) is 3.44. The van der Waals surface area contributed by atoms with Crippen molar-refractivity contribution in [3.8, 4) is 0 Å². The normalized spacial score (nSPS) is 33.2. The molecule has 0 amide bonds. The second-order valence-electron chi connectivity index (χ2n) is 3.43. The number of carbonyl (C=O) groups is 1. The van der Waals surface area contributed by atoms with Gasteiger partial charge in [-0.3, -0.25) is 4.79 Å². The summed E-state index contributed by atoms with van der Waals surface area (Å²) < 4.78 is 0. The molecule has 0 aliphatic heterocycles. The molecule has 3 nitrogen and oxygen atoms in total. The SMILES string of the molecule is CC.CC(=O)C1(O)CCC(N)CC1. The fraction of sp³-hybridized carbons (Fsp3) is 0.900. The summed E-state index contributed by atoms with van der Waals surface area (Å²) >= 11 is 0. The summed E-state index contributed by atoms with van der Waals surface area (Å²) in [6.07, 6.45) is 2.58. The number of nitrogens with two attached hydrogens (primary N) is 1. The average Bonchev–Trinajstić information content (AvgIpc) is 2.14. The Hall–Kier alpha value is -0.410. The zero-order valence-corrected chi connectivity index (χ0v) is 8.84. The quantitative estimate of drug-likeness (QED) is 0.649.